The van der Waals surface area contributed by atoms with Crippen molar-refractivity contribution in [3.05, 3.63) is 53.9 Å². The third-order valence-electron chi connectivity index (χ3n) is 4.19. The Bertz CT molecular complexity index is 949. The summed E-state index contributed by atoms with van der Waals surface area (Å²) in [5.74, 6) is 0.397. The van der Waals surface area contributed by atoms with E-state index in [0.717, 1.165) is 11.3 Å². The van der Waals surface area contributed by atoms with Gasteiger partial charge < -0.3 is 4.74 Å². The van der Waals surface area contributed by atoms with Crippen molar-refractivity contribution in [2.75, 3.05) is 13.2 Å². The van der Waals surface area contributed by atoms with Gasteiger partial charge in [-0.2, -0.15) is 10.4 Å². The minimum absolute atomic E-state index is 0.0868. The Morgan fingerprint density at radius 3 is 2.75 bits per heavy atom. The first-order valence-corrected chi connectivity index (χ1v) is 7.70. The standard InChI is InChI=1S/C18H14N4O2/c19-8-12-1-3-14(4-2-12)16-6-15(7-18-20-11-21-22(16)18)17(23)5-13-9-24-10-13/h1-4,6-7,11,13H,5,9-10H2. The molecule has 0 aliphatic carbocycles. The van der Waals surface area contributed by atoms with Crippen LogP contribution in [-0.4, -0.2) is 33.6 Å². The molecule has 0 unspecified atom stereocenters. The van der Waals surface area contributed by atoms with Gasteiger partial charge in [-0.15, -0.1) is 0 Å². The second-order valence-corrected chi connectivity index (χ2v) is 5.88. The minimum Gasteiger partial charge on any atom is -0.381 e. The average Bonchev–Trinajstić information content (AvgIpc) is 3.05. The molecule has 0 bridgehead atoms. The Morgan fingerprint density at radius 2 is 2.08 bits per heavy atom. The first-order valence-electron chi connectivity index (χ1n) is 7.70. The van der Waals surface area contributed by atoms with Gasteiger partial charge >= 0.3 is 0 Å². The maximum atomic E-state index is 12.5. The molecule has 3 aromatic rings. The van der Waals surface area contributed by atoms with Gasteiger partial charge in [0.2, 0.25) is 0 Å². The van der Waals surface area contributed by atoms with Crippen LogP contribution in [0.5, 0.6) is 0 Å². The zero-order valence-electron chi connectivity index (χ0n) is 12.8. The van der Waals surface area contributed by atoms with Crippen molar-refractivity contribution in [1.29, 1.82) is 5.26 Å². The fraction of sp³-hybridized carbons (Fsp3) is 0.222. The smallest absolute Gasteiger partial charge is 0.163 e. The number of hydrogen-bond donors (Lipinski definition) is 0. The van der Waals surface area contributed by atoms with E-state index in [4.69, 9.17) is 10.00 Å². The van der Waals surface area contributed by atoms with Crippen molar-refractivity contribution in [3.8, 4) is 17.3 Å². The molecule has 4 rings (SSSR count). The highest BCUT2D eigenvalue weighted by molar-refractivity contribution is 5.98. The van der Waals surface area contributed by atoms with Crippen molar-refractivity contribution in [2.45, 2.75) is 6.42 Å². The SMILES string of the molecule is N#Cc1ccc(-c2cc(C(=O)CC3COC3)cc3ncnn23)cc1. The van der Waals surface area contributed by atoms with E-state index in [9.17, 15) is 4.79 Å². The van der Waals surface area contributed by atoms with E-state index >= 15 is 0 Å². The highest BCUT2D eigenvalue weighted by Crippen LogP contribution is 2.24. The fourth-order valence-corrected chi connectivity index (χ4v) is 2.79. The van der Waals surface area contributed by atoms with Crippen LogP contribution in [0.25, 0.3) is 16.9 Å². The second-order valence-electron chi connectivity index (χ2n) is 5.88. The molecule has 0 spiro atoms. The average molecular weight is 318 g/mol. The molecule has 3 heterocycles. The Labute approximate surface area is 138 Å². The number of benzene rings is 1. The second kappa shape index (κ2) is 5.87. The van der Waals surface area contributed by atoms with Gasteiger partial charge in [-0.25, -0.2) is 9.50 Å². The Balaban J connectivity index is 1.76. The minimum atomic E-state index is 0.0868. The Hall–Kier alpha value is -3.04. The lowest BCUT2D eigenvalue weighted by molar-refractivity contribution is -0.0321. The lowest BCUT2D eigenvalue weighted by atomic mass is 9.96. The number of ketones is 1. The molecule has 6 heteroatoms. The zero-order valence-corrected chi connectivity index (χ0v) is 12.8. The zero-order chi connectivity index (χ0) is 16.5. The molecular formula is C18H14N4O2. The number of hydrogen-bond acceptors (Lipinski definition) is 5. The van der Waals surface area contributed by atoms with E-state index in [0.29, 0.717) is 42.3 Å². The van der Waals surface area contributed by atoms with Crippen LogP contribution < -0.4 is 0 Å². The van der Waals surface area contributed by atoms with Crippen LogP contribution in [0.1, 0.15) is 22.3 Å². The van der Waals surface area contributed by atoms with Gasteiger partial charge in [0.05, 0.1) is 30.5 Å². The number of pyridine rings is 1. The monoisotopic (exact) mass is 318 g/mol. The van der Waals surface area contributed by atoms with Crippen molar-refractivity contribution < 1.29 is 9.53 Å². The van der Waals surface area contributed by atoms with Crippen molar-refractivity contribution in [1.82, 2.24) is 14.6 Å². The van der Waals surface area contributed by atoms with Gasteiger partial charge in [-0.3, -0.25) is 4.79 Å². The summed E-state index contributed by atoms with van der Waals surface area (Å²) < 4.78 is 6.84. The first-order chi connectivity index (χ1) is 11.7. The first kappa shape index (κ1) is 14.5. The molecule has 1 aliphatic heterocycles. The number of nitriles is 1. The number of fused-ring (bicyclic) bond motifs is 1. The topological polar surface area (TPSA) is 80.3 Å². The highest BCUT2D eigenvalue weighted by Gasteiger charge is 2.23. The molecule has 0 atom stereocenters. The number of aromatic nitrogens is 3. The van der Waals surface area contributed by atoms with Gasteiger partial charge in [-0.1, -0.05) is 12.1 Å². The van der Waals surface area contributed by atoms with Gasteiger partial charge in [-0.05, 0) is 24.3 Å². The summed E-state index contributed by atoms with van der Waals surface area (Å²) >= 11 is 0. The van der Waals surface area contributed by atoms with Gasteiger partial charge in [0.25, 0.3) is 0 Å². The number of ether oxygens (including phenoxy) is 1. The van der Waals surface area contributed by atoms with E-state index in [1.807, 2.05) is 18.2 Å². The number of rotatable bonds is 4. The molecule has 2 aromatic heterocycles. The van der Waals surface area contributed by atoms with Crippen LogP contribution in [-0.2, 0) is 4.74 Å². The molecule has 0 radical (unpaired) electrons. The molecule has 6 nitrogen and oxygen atoms in total. The lowest BCUT2D eigenvalue weighted by Gasteiger charge is -2.25. The van der Waals surface area contributed by atoms with Crippen molar-refractivity contribution >= 4 is 11.4 Å². The molecule has 0 amide bonds. The fourth-order valence-electron chi connectivity index (χ4n) is 2.79. The van der Waals surface area contributed by atoms with Crippen LogP contribution in [0.3, 0.4) is 0 Å². The largest absolute Gasteiger partial charge is 0.381 e. The molecule has 24 heavy (non-hydrogen) atoms. The van der Waals surface area contributed by atoms with Gasteiger partial charge in [0, 0.05) is 23.5 Å². The third-order valence-corrected chi connectivity index (χ3v) is 4.19. The summed E-state index contributed by atoms with van der Waals surface area (Å²) in [7, 11) is 0. The molecule has 1 saturated heterocycles. The predicted molar refractivity (Wildman–Crippen MR) is 86.4 cm³/mol. The van der Waals surface area contributed by atoms with E-state index < -0.39 is 0 Å². The van der Waals surface area contributed by atoms with Gasteiger partial charge in [0.1, 0.15) is 6.33 Å². The number of Topliss-reactive ketones (excluding diaryl/α,β-unsaturated/α-hetero) is 1. The van der Waals surface area contributed by atoms with Crippen molar-refractivity contribution in [3.63, 3.8) is 0 Å². The quantitative estimate of drug-likeness (QED) is 0.690. The number of carbonyl (C=O) groups is 1. The van der Waals surface area contributed by atoms with Crippen LogP contribution in [0.2, 0.25) is 0 Å². The van der Waals surface area contributed by atoms with Crippen LogP contribution in [0.15, 0.2) is 42.7 Å². The summed E-state index contributed by atoms with van der Waals surface area (Å²) in [4.78, 5) is 16.8. The number of carbonyl (C=O) groups excluding carboxylic acids is 1. The summed E-state index contributed by atoms with van der Waals surface area (Å²) in [6, 6.07) is 12.9. The molecule has 1 aromatic carbocycles. The maximum absolute atomic E-state index is 12.5. The summed E-state index contributed by atoms with van der Waals surface area (Å²) in [5, 5.41) is 13.2. The molecule has 118 valence electrons. The van der Waals surface area contributed by atoms with E-state index in [2.05, 4.69) is 16.2 Å². The maximum Gasteiger partial charge on any atom is 0.163 e. The van der Waals surface area contributed by atoms with Crippen LogP contribution >= 0.6 is 0 Å². The Kier molecular flexibility index (Phi) is 3.56. The predicted octanol–water partition coefficient (Wildman–Crippen LogP) is 2.49. The molecular weight excluding hydrogens is 304 g/mol. The summed E-state index contributed by atoms with van der Waals surface area (Å²) in [6.07, 6.45) is 1.95. The normalized spacial score (nSPS) is 14.3. The Morgan fingerprint density at radius 1 is 1.29 bits per heavy atom. The summed E-state index contributed by atoms with van der Waals surface area (Å²) in [6.45, 7) is 1.31. The van der Waals surface area contributed by atoms with E-state index in [1.54, 1.807) is 22.7 Å². The number of nitrogens with zero attached hydrogens (tertiary/aromatic N) is 4. The van der Waals surface area contributed by atoms with Crippen molar-refractivity contribution in [2.24, 2.45) is 5.92 Å². The van der Waals surface area contributed by atoms with E-state index in [1.165, 1.54) is 6.33 Å². The molecule has 0 saturated carbocycles. The molecule has 0 N–H and O–H groups in total. The highest BCUT2D eigenvalue weighted by atomic mass is 16.5. The van der Waals surface area contributed by atoms with Crippen LogP contribution in [0.4, 0.5) is 0 Å². The van der Waals surface area contributed by atoms with Crippen LogP contribution in [0, 0.1) is 17.2 Å². The van der Waals surface area contributed by atoms with Gasteiger partial charge in [0.15, 0.2) is 11.4 Å². The lowest BCUT2D eigenvalue weighted by Crippen LogP contribution is -2.29. The summed E-state index contributed by atoms with van der Waals surface area (Å²) in [5.41, 5.74) is 3.51. The van der Waals surface area contributed by atoms with E-state index in [-0.39, 0.29) is 5.78 Å². The third kappa shape index (κ3) is 2.55. The molecule has 1 fully saturated rings. The molecule has 1 aliphatic rings.